The van der Waals surface area contributed by atoms with E-state index in [0.717, 1.165) is 65.6 Å². The number of benzene rings is 1. The minimum absolute atomic E-state index is 0.311. The number of piperidine rings is 1. The average molecular weight is 426 g/mol. The van der Waals surface area contributed by atoms with Gasteiger partial charge in [0.15, 0.2) is 0 Å². The fraction of sp³-hybridized carbons (Fsp3) is 0.320. The second-order valence-electron chi connectivity index (χ2n) is 8.33. The quantitative estimate of drug-likeness (QED) is 0.491. The summed E-state index contributed by atoms with van der Waals surface area (Å²) in [6.45, 7) is 6.56. The summed E-state index contributed by atoms with van der Waals surface area (Å²) in [7, 11) is 0. The number of rotatable bonds is 5. The lowest BCUT2D eigenvalue weighted by Gasteiger charge is -2.36. The van der Waals surface area contributed by atoms with Crippen molar-refractivity contribution in [2.45, 2.75) is 38.6 Å². The zero-order valence-electron chi connectivity index (χ0n) is 18.4. The van der Waals surface area contributed by atoms with Gasteiger partial charge in [0.1, 0.15) is 11.6 Å². The number of aromatic nitrogens is 5. The zero-order valence-corrected chi connectivity index (χ0v) is 18.4. The molecule has 1 aliphatic heterocycles. The number of pyridine rings is 1. The van der Waals surface area contributed by atoms with Gasteiger partial charge in [0.05, 0.1) is 16.7 Å². The SMILES string of the molecule is CCN1C[C@H](c2nc(Nc3ccc4nccnc4c3)cc(-c3cccnc3)n2)CC[C@@H]1C. The van der Waals surface area contributed by atoms with Crippen molar-refractivity contribution in [3.8, 4) is 11.3 Å². The number of fused-ring (bicyclic) bond motifs is 1. The Bertz CT molecular complexity index is 1210. The van der Waals surface area contributed by atoms with E-state index < -0.39 is 0 Å². The highest BCUT2D eigenvalue weighted by molar-refractivity contribution is 5.79. The monoisotopic (exact) mass is 425 g/mol. The summed E-state index contributed by atoms with van der Waals surface area (Å²) >= 11 is 0. The summed E-state index contributed by atoms with van der Waals surface area (Å²) in [5, 5.41) is 3.47. The number of likely N-dealkylation sites (tertiary alicyclic amines) is 1. The third-order valence-electron chi connectivity index (χ3n) is 6.22. The highest BCUT2D eigenvalue weighted by Gasteiger charge is 2.27. The predicted molar refractivity (Wildman–Crippen MR) is 127 cm³/mol. The first kappa shape index (κ1) is 20.5. The van der Waals surface area contributed by atoms with E-state index in [1.54, 1.807) is 18.6 Å². The van der Waals surface area contributed by atoms with Crippen LogP contribution < -0.4 is 5.32 Å². The Balaban J connectivity index is 1.51. The number of anilines is 2. The van der Waals surface area contributed by atoms with Crippen molar-refractivity contribution in [2.24, 2.45) is 0 Å². The molecule has 1 N–H and O–H groups in total. The smallest absolute Gasteiger partial charge is 0.135 e. The number of nitrogens with zero attached hydrogens (tertiary/aromatic N) is 6. The van der Waals surface area contributed by atoms with Gasteiger partial charge in [-0.3, -0.25) is 15.0 Å². The fourth-order valence-electron chi connectivity index (χ4n) is 4.39. The van der Waals surface area contributed by atoms with Gasteiger partial charge in [-0.2, -0.15) is 0 Å². The van der Waals surface area contributed by atoms with Crippen LogP contribution in [0.2, 0.25) is 0 Å². The third-order valence-corrected chi connectivity index (χ3v) is 6.22. The number of hydrogen-bond acceptors (Lipinski definition) is 7. The fourth-order valence-corrected chi connectivity index (χ4v) is 4.39. The second-order valence-corrected chi connectivity index (χ2v) is 8.33. The summed E-state index contributed by atoms with van der Waals surface area (Å²) in [5.41, 5.74) is 4.51. The van der Waals surface area contributed by atoms with Gasteiger partial charge in [-0.05, 0) is 56.6 Å². The molecule has 0 radical (unpaired) electrons. The Morgan fingerprint density at radius 1 is 1.00 bits per heavy atom. The van der Waals surface area contributed by atoms with Crippen LogP contribution >= 0.6 is 0 Å². The van der Waals surface area contributed by atoms with Crippen molar-refractivity contribution in [3.63, 3.8) is 0 Å². The van der Waals surface area contributed by atoms with Crippen molar-refractivity contribution in [3.05, 3.63) is 67.0 Å². The standard InChI is InChI=1S/C25H27N7/c1-3-32-16-19(7-6-17(32)2)25-30-22(18-5-4-10-26-15-18)14-24(31-25)29-20-8-9-21-23(13-20)28-12-11-27-21/h4-5,8-15,17,19H,3,6-7,16H2,1-2H3,(H,29,30,31)/t17-,19+/m0/s1. The molecule has 0 unspecified atom stereocenters. The summed E-state index contributed by atoms with van der Waals surface area (Å²) < 4.78 is 0. The summed E-state index contributed by atoms with van der Waals surface area (Å²) in [5.74, 6) is 1.98. The number of hydrogen-bond donors (Lipinski definition) is 1. The molecule has 7 nitrogen and oxygen atoms in total. The van der Waals surface area contributed by atoms with Crippen LogP contribution in [0.25, 0.3) is 22.3 Å². The molecule has 3 aromatic heterocycles. The second kappa shape index (κ2) is 8.96. The average Bonchev–Trinajstić information content (AvgIpc) is 2.84. The van der Waals surface area contributed by atoms with E-state index in [2.05, 4.69) is 39.0 Å². The van der Waals surface area contributed by atoms with E-state index in [0.29, 0.717) is 12.0 Å². The minimum atomic E-state index is 0.311. The summed E-state index contributed by atoms with van der Waals surface area (Å²) in [6.07, 6.45) is 9.30. The van der Waals surface area contributed by atoms with E-state index in [9.17, 15) is 0 Å². The molecule has 0 saturated carbocycles. The van der Waals surface area contributed by atoms with E-state index in [4.69, 9.17) is 9.97 Å². The molecular formula is C25H27N7. The van der Waals surface area contributed by atoms with Crippen LogP contribution in [-0.4, -0.2) is 49.0 Å². The van der Waals surface area contributed by atoms with Crippen molar-refractivity contribution < 1.29 is 0 Å². The topological polar surface area (TPSA) is 79.7 Å². The third kappa shape index (κ3) is 4.29. The van der Waals surface area contributed by atoms with Gasteiger partial charge < -0.3 is 10.2 Å². The molecule has 162 valence electrons. The van der Waals surface area contributed by atoms with Crippen molar-refractivity contribution >= 4 is 22.5 Å². The first-order valence-electron chi connectivity index (χ1n) is 11.2. The van der Waals surface area contributed by atoms with E-state index in [-0.39, 0.29) is 0 Å². The maximum absolute atomic E-state index is 4.97. The molecule has 4 heterocycles. The van der Waals surface area contributed by atoms with Crippen LogP contribution in [0.4, 0.5) is 11.5 Å². The van der Waals surface area contributed by atoms with Gasteiger partial charge in [-0.1, -0.05) is 6.92 Å². The molecule has 0 amide bonds. The maximum atomic E-state index is 4.97. The molecule has 1 aliphatic rings. The molecule has 1 fully saturated rings. The molecule has 0 aliphatic carbocycles. The van der Waals surface area contributed by atoms with Crippen LogP contribution in [0.1, 0.15) is 38.4 Å². The van der Waals surface area contributed by atoms with Crippen LogP contribution in [0.15, 0.2) is 61.2 Å². The molecular weight excluding hydrogens is 398 g/mol. The molecule has 0 bridgehead atoms. The molecule has 1 aromatic carbocycles. The molecule has 0 spiro atoms. The number of likely N-dealkylation sites (N-methyl/N-ethyl adjacent to an activating group) is 1. The molecule has 32 heavy (non-hydrogen) atoms. The highest BCUT2D eigenvalue weighted by atomic mass is 15.2. The first-order chi connectivity index (χ1) is 15.7. The Morgan fingerprint density at radius 3 is 2.69 bits per heavy atom. The zero-order chi connectivity index (χ0) is 21.9. The van der Waals surface area contributed by atoms with Gasteiger partial charge in [-0.25, -0.2) is 9.97 Å². The molecule has 4 aromatic rings. The van der Waals surface area contributed by atoms with Crippen molar-refractivity contribution in [1.82, 2.24) is 29.8 Å². The Hall–Kier alpha value is -3.45. The Labute approximate surface area is 188 Å². The van der Waals surface area contributed by atoms with E-state index in [1.807, 2.05) is 42.6 Å². The lowest BCUT2D eigenvalue weighted by atomic mass is 9.92. The Kier molecular flexibility index (Phi) is 5.73. The van der Waals surface area contributed by atoms with Crippen LogP contribution in [0.5, 0.6) is 0 Å². The first-order valence-corrected chi connectivity index (χ1v) is 11.2. The molecule has 2 atom stereocenters. The van der Waals surface area contributed by atoms with Gasteiger partial charge in [-0.15, -0.1) is 0 Å². The maximum Gasteiger partial charge on any atom is 0.135 e. The summed E-state index contributed by atoms with van der Waals surface area (Å²) in [6, 6.07) is 12.5. The molecule has 5 rings (SSSR count). The molecule has 7 heteroatoms. The Morgan fingerprint density at radius 2 is 1.88 bits per heavy atom. The molecule has 1 saturated heterocycles. The van der Waals surface area contributed by atoms with Gasteiger partial charge in [0, 0.05) is 60.6 Å². The summed E-state index contributed by atoms with van der Waals surface area (Å²) in [4.78, 5) is 25.5. The van der Waals surface area contributed by atoms with Gasteiger partial charge in [0.25, 0.3) is 0 Å². The van der Waals surface area contributed by atoms with Crippen LogP contribution in [0.3, 0.4) is 0 Å². The lowest BCUT2D eigenvalue weighted by molar-refractivity contribution is 0.149. The predicted octanol–water partition coefficient (Wildman–Crippen LogP) is 4.81. The van der Waals surface area contributed by atoms with Crippen LogP contribution in [0, 0.1) is 0 Å². The lowest BCUT2D eigenvalue weighted by Crippen LogP contribution is -2.41. The normalized spacial score (nSPS) is 19.2. The van der Waals surface area contributed by atoms with E-state index >= 15 is 0 Å². The van der Waals surface area contributed by atoms with Crippen LogP contribution in [-0.2, 0) is 0 Å². The number of nitrogens with one attached hydrogen (secondary N) is 1. The van der Waals surface area contributed by atoms with Gasteiger partial charge in [0.2, 0.25) is 0 Å². The van der Waals surface area contributed by atoms with Crippen molar-refractivity contribution in [1.29, 1.82) is 0 Å². The largest absolute Gasteiger partial charge is 0.340 e. The van der Waals surface area contributed by atoms with Crippen molar-refractivity contribution in [2.75, 3.05) is 18.4 Å². The highest BCUT2D eigenvalue weighted by Crippen LogP contribution is 2.31. The van der Waals surface area contributed by atoms with Gasteiger partial charge >= 0.3 is 0 Å². The van der Waals surface area contributed by atoms with E-state index in [1.165, 1.54) is 0 Å². The minimum Gasteiger partial charge on any atom is -0.340 e.